The number of anilines is 1. The summed E-state index contributed by atoms with van der Waals surface area (Å²) in [6.07, 6.45) is -4.29. The molecule has 1 aliphatic rings. The van der Waals surface area contributed by atoms with Crippen LogP contribution in [0.25, 0.3) is 0 Å². The monoisotopic (exact) mass is 315 g/mol. The van der Waals surface area contributed by atoms with Crippen LogP contribution >= 0.6 is 0 Å². The number of nitrogen functional groups attached to an aromatic ring is 1. The Kier molecular flexibility index (Phi) is 4.58. The van der Waals surface area contributed by atoms with Crippen molar-refractivity contribution in [3.05, 3.63) is 29.8 Å². The van der Waals surface area contributed by atoms with Crippen LogP contribution in [-0.2, 0) is 4.79 Å². The summed E-state index contributed by atoms with van der Waals surface area (Å²) in [7, 11) is 0. The van der Waals surface area contributed by atoms with Crippen molar-refractivity contribution < 1.29 is 22.8 Å². The molecule has 0 aromatic heterocycles. The van der Waals surface area contributed by atoms with Crippen LogP contribution < -0.4 is 11.1 Å². The minimum absolute atomic E-state index is 0.194. The van der Waals surface area contributed by atoms with Crippen molar-refractivity contribution >= 4 is 17.5 Å². The first-order valence-corrected chi connectivity index (χ1v) is 6.80. The Balaban J connectivity index is 1.88. The van der Waals surface area contributed by atoms with E-state index < -0.39 is 18.1 Å². The number of nitrogens with two attached hydrogens (primary N) is 1. The molecule has 1 saturated heterocycles. The molecule has 22 heavy (non-hydrogen) atoms. The summed E-state index contributed by atoms with van der Waals surface area (Å²) in [5, 5.41) is 1.95. The van der Waals surface area contributed by atoms with Crippen molar-refractivity contribution in [2.24, 2.45) is 0 Å². The van der Waals surface area contributed by atoms with Gasteiger partial charge in [-0.25, -0.2) is 0 Å². The molecule has 0 saturated carbocycles. The molecule has 1 heterocycles. The molecule has 0 atom stereocenters. The van der Waals surface area contributed by atoms with Crippen LogP contribution in [0.3, 0.4) is 0 Å². The highest BCUT2D eigenvalue weighted by molar-refractivity contribution is 5.94. The Morgan fingerprint density at radius 3 is 2.18 bits per heavy atom. The van der Waals surface area contributed by atoms with Gasteiger partial charge in [0.25, 0.3) is 5.91 Å². The van der Waals surface area contributed by atoms with E-state index in [9.17, 15) is 22.8 Å². The third-order valence-corrected chi connectivity index (χ3v) is 3.53. The number of amides is 2. The van der Waals surface area contributed by atoms with E-state index in [-0.39, 0.29) is 5.91 Å². The summed E-state index contributed by atoms with van der Waals surface area (Å²) >= 11 is 0. The van der Waals surface area contributed by atoms with E-state index in [1.807, 2.05) is 5.32 Å². The van der Waals surface area contributed by atoms with Crippen LogP contribution in [0.2, 0.25) is 0 Å². The van der Waals surface area contributed by atoms with Gasteiger partial charge in [0, 0.05) is 30.4 Å². The quantitative estimate of drug-likeness (QED) is 0.813. The third-order valence-electron chi connectivity index (χ3n) is 3.53. The van der Waals surface area contributed by atoms with Crippen molar-refractivity contribution in [3.8, 4) is 0 Å². The zero-order valence-electron chi connectivity index (χ0n) is 11.7. The second-order valence-electron chi connectivity index (χ2n) is 5.16. The van der Waals surface area contributed by atoms with Gasteiger partial charge in [0.15, 0.2) is 0 Å². The zero-order valence-corrected chi connectivity index (χ0v) is 11.7. The molecule has 0 spiro atoms. The Morgan fingerprint density at radius 1 is 1.14 bits per heavy atom. The lowest BCUT2D eigenvalue weighted by Gasteiger charge is -2.32. The fourth-order valence-electron chi connectivity index (χ4n) is 2.30. The highest BCUT2D eigenvalue weighted by atomic mass is 19.4. The lowest BCUT2D eigenvalue weighted by atomic mass is 10.0. The Bertz CT molecular complexity index is 549. The molecular weight excluding hydrogens is 299 g/mol. The van der Waals surface area contributed by atoms with E-state index in [0.29, 0.717) is 37.2 Å². The molecule has 8 heteroatoms. The summed E-state index contributed by atoms with van der Waals surface area (Å²) in [6, 6.07) is 5.88. The van der Waals surface area contributed by atoms with Gasteiger partial charge >= 0.3 is 12.1 Å². The molecule has 0 aliphatic carbocycles. The van der Waals surface area contributed by atoms with Gasteiger partial charge in [0.1, 0.15) is 0 Å². The minimum Gasteiger partial charge on any atom is -0.399 e. The maximum absolute atomic E-state index is 12.2. The maximum Gasteiger partial charge on any atom is 0.471 e. The molecule has 120 valence electrons. The highest BCUT2D eigenvalue weighted by Gasteiger charge is 2.40. The first kappa shape index (κ1) is 16.1. The summed E-state index contributed by atoms with van der Waals surface area (Å²) in [5.74, 6) is -2.13. The number of likely N-dealkylation sites (tertiary alicyclic amines) is 1. The van der Waals surface area contributed by atoms with Gasteiger partial charge in [0.2, 0.25) is 0 Å². The Labute approximate surface area is 125 Å². The predicted molar refractivity (Wildman–Crippen MR) is 74.0 cm³/mol. The largest absolute Gasteiger partial charge is 0.471 e. The molecule has 2 rings (SSSR count). The van der Waals surface area contributed by atoms with E-state index in [0.717, 1.165) is 0 Å². The van der Waals surface area contributed by atoms with Gasteiger partial charge in [-0.1, -0.05) is 0 Å². The van der Waals surface area contributed by atoms with E-state index >= 15 is 0 Å². The zero-order chi connectivity index (χ0) is 16.3. The van der Waals surface area contributed by atoms with Gasteiger partial charge in [0.05, 0.1) is 0 Å². The average Bonchev–Trinajstić information content (AvgIpc) is 2.47. The number of nitrogens with one attached hydrogen (secondary N) is 1. The van der Waals surface area contributed by atoms with Crippen molar-refractivity contribution in [2.75, 3.05) is 18.8 Å². The number of rotatable bonds is 2. The summed E-state index contributed by atoms with van der Waals surface area (Å²) in [6.45, 7) is 0.595. The number of carbonyl (C=O) groups is 2. The van der Waals surface area contributed by atoms with E-state index in [2.05, 4.69) is 0 Å². The second-order valence-corrected chi connectivity index (χ2v) is 5.16. The number of piperidine rings is 1. The van der Waals surface area contributed by atoms with Crippen molar-refractivity contribution in [3.63, 3.8) is 0 Å². The van der Waals surface area contributed by atoms with Crippen LogP contribution in [0.5, 0.6) is 0 Å². The predicted octanol–water partition coefficient (Wildman–Crippen LogP) is 1.55. The van der Waals surface area contributed by atoms with E-state index in [4.69, 9.17) is 5.73 Å². The topological polar surface area (TPSA) is 75.4 Å². The number of hydrogen-bond acceptors (Lipinski definition) is 3. The van der Waals surface area contributed by atoms with Gasteiger partial charge in [-0.15, -0.1) is 0 Å². The lowest BCUT2D eigenvalue weighted by Crippen LogP contribution is -2.49. The van der Waals surface area contributed by atoms with Crippen LogP contribution in [0.15, 0.2) is 24.3 Å². The van der Waals surface area contributed by atoms with Crippen molar-refractivity contribution in [1.82, 2.24) is 10.2 Å². The smallest absolute Gasteiger partial charge is 0.399 e. The number of halogens is 3. The number of nitrogens with zero attached hydrogens (tertiary/aromatic N) is 1. The molecule has 0 radical (unpaired) electrons. The van der Waals surface area contributed by atoms with Crippen molar-refractivity contribution in [1.29, 1.82) is 0 Å². The number of carbonyl (C=O) groups excluding carboxylic acids is 2. The summed E-state index contributed by atoms with van der Waals surface area (Å²) in [4.78, 5) is 24.6. The lowest BCUT2D eigenvalue weighted by molar-refractivity contribution is -0.174. The number of hydrogen-bond donors (Lipinski definition) is 2. The molecule has 3 N–H and O–H groups in total. The molecule has 1 aromatic carbocycles. The Hall–Kier alpha value is -2.25. The van der Waals surface area contributed by atoms with Gasteiger partial charge in [-0.05, 0) is 37.1 Å². The molecule has 1 aliphatic heterocycles. The molecule has 1 aromatic rings. The average molecular weight is 315 g/mol. The van der Waals surface area contributed by atoms with Crippen LogP contribution in [-0.4, -0.2) is 42.0 Å². The molecular formula is C14H16F3N3O2. The summed E-state index contributed by atoms with van der Waals surface area (Å²) in [5.41, 5.74) is 6.57. The Morgan fingerprint density at radius 2 is 1.68 bits per heavy atom. The fraction of sp³-hybridized carbons (Fsp3) is 0.429. The first-order chi connectivity index (χ1) is 10.3. The highest BCUT2D eigenvalue weighted by Crippen LogP contribution is 2.18. The van der Waals surface area contributed by atoms with Crippen LogP contribution in [0.4, 0.5) is 18.9 Å². The molecule has 1 fully saturated rings. The maximum atomic E-state index is 12.2. The standard InChI is InChI=1S/C14H16F3N3O2/c15-14(16,17)13(22)19-11-5-7-20(8-6-11)12(21)9-1-3-10(18)4-2-9/h1-4,11H,5-8,18H2,(H,19,22). The molecule has 2 amide bonds. The first-order valence-electron chi connectivity index (χ1n) is 6.80. The fourth-order valence-corrected chi connectivity index (χ4v) is 2.30. The van der Waals surface area contributed by atoms with E-state index in [1.165, 1.54) is 0 Å². The summed E-state index contributed by atoms with van der Waals surface area (Å²) < 4.78 is 36.5. The number of alkyl halides is 3. The SMILES string of the molecule is Nc1ccc(C(=O)N2CCC(NC(=O)C(F)(F)F)CC2)cc1. The van der Waals surface area contributed by atoms with Gasteiger partial charge < -0.3 is 16.0 Å². The molecule has 0 unspecified atom stereocenters. The van der Waals surface area contributed by atoms with Crippen LogP contribution in [0.1, 0.15) is 23.2 Å². The van der Waals surface area contributed by atoms with E-state index in [1.54, 1.807) is 29.2 Å². The van der Waals surface area contributed by atoms with Crippen molar-refractivity contribution in [2.45, 2.75) is 25.1 Å². The third kappa shape index (κ3) is 3.90. The molecule has 5 nitrogen and oxygen atoms in total. The second kappa shape index (κ2) is 6.25. The normalized spacial score (nSPS) is 16.4. The van der Waals surface area contributed by atoms with Gasteiger partial charge in [-0.2, -0.15) is 13.2 Å². The minimum atomic E-state index is -4.88. The van der Waals surface area contributed by atoms with Gasteiger partial charge in [-0.3, -0.25) is 9.59 Å². The van der Waals surface area contributed by atoms with Crippen LogP contribution in [0, 0.1) is 0 Å². The molecule has 0 bridgehead atoms. The number of benzene rings is 1.